The zero-order valence-electron chi connectivity index (χ0n) is 10.3. The van der Waals surface area contributed by atoms with E-state index in [-0.39, 0.29) is 12.5 Å². The summed E-state index contributed by atoms with van der Waals surface area (Å²) in [6, 6.07) is 9.54. The van der Waals surface area contributed by atoms with E-state index in [1.807, 2.05) is 30.3 Å². The number of carbonyl (C=O) groups excluding carboxylic acids is 1. The largest absolute Gasteiger partial charge is 0.497 e. The molecule has 19 heavy (non-hydrogen) atoms. The predicted octanol–water partition coefficient (Wildman–Crippen LogP) is 2.09. The molecule has 0 saturated heterocycles. The smallest absolute Gasteiger partial charge is 0.263 e. The second kappa shape index (κ2) is 4.61. The zero-order valence-corrected chi connectivity index (χ0v) is 10.3. The van der Waals surface area contributed by atoms with Crippen LogP contribution in [0.5, 0.6) is 11.5 Å². The molecule has 0 fully saturated rings. The number of benzene rings is 1. The second-order valence-electron chi connectivity index (χ2n) is 4.14. The number of amides is 1. The van der Waals surface area contributed by atoms with Crippen LogP contribution in [0.15, 0.2) is 36.5 Å². The second-order valence-corrected chi connectivity index (χ2v) is 4.14. The molecule has 0 spiro atoms. The van der Waals surface area contributed by atoms with E-state index in [0.717, 1.165) is 16.9 Å². The molecule has 0 unspecified atom stereocenters. The maximum atomic E-state index is 11.2. The lowest BCUT2D eigenvalue weighted by molar-refractivity contribution is -0.118. The lowest BCUT2D eigenvalue weighted by Gasteiger charge is -2.17. The molecule has 1 aromatic heterocycles. The molecule has 0 saturated carbocycles. The number of rotatable bonds is 2. The highest BCUT2D eigenvalue weighted by molar-refractivity contribution is 5.94. The zero-order chi connectivity index (χ0) is 13.2. The van der Waals surface area contributed by atoms with Crippen molar-refractivity contribution in [1.29, 1.82) is 0 Å². The van der Waals surface area contributed by atoms with E-state index in [1.54, 1.807) is 13.3 Å². The SMILES string of the molecule is COc1cccc(-c2cnc3c(c2)OCC(=O)N3)c1. The molecule has 2 heterocycles. The Labute approximate surface area is 110 Å². The molecule has 0 atom stereocenters. The number of aromatic nitrogens is 1. The molecule has 2 aromatic rings. The standard InChI is InChI=1S/C14H12N2O3/c1-18-11-4-2-3-9(5-11)10-6-12-14(15-7-10)16-13(17)8-19-12/h2-7H,8H2,1H3,(H,15,16,17). The molecule has 1 amide bonds. The summed E-state index contributed by atoms with van der Waals surface area (Å²) in [5.74, 6) is 1.64. The molecule has 0 aliphatic carbocycles. The van der Waals surface area contributed by atoms with Gasteiger partial charge in [-0.25, -0.2) is 4.98 Å². The number of anilines is 1. The van der Waals surface area contributed by atoms with Gasteiger partial charge in [-0.2, -0.15) is 0 Å². The summed E-state index contributed by atoms with van der Waals surface area (Å²) in [5, 5.41) is 2.66. The molecular formula is C14H12N2O3. The Bertz CT molecular complexity index is 640. The number of nitrogens with one attached hydrogen (secondary N) is 1. The van der Waals surface area contributed by atoms with Gasteiger partial charge in [0.1, 0.15) is 5.75 Å². The van der Waals surface area contributed by atoms with Crippen LogP contribution < -0.4 is 14.8 Å². The highest BCUT2D eigenvalue weighted by Gasteiger charge is 2.17. The predicted molar refractivity (Wildman–Crippen MR) is 70.3 cm³/mol. The number of hydrogen-bond acceptors (Lipinski definition) is 4. The molecule has 5 heteroatoms. The number of carbonyl (C=O) groups is 1. The fraction of sp³-hybridized carbons (Fsp3) is 0.143. The minimum atomic E-state index is -0.186. The molecule has 96 valence electrons. The van der Waals surface area contributed by atoms with Gasteiger partial charge in [-0.1, -0.05) is 12.1 Å². The summed E-state index contributed by atoms with van der Waals surface area (Å²) < 4.78 is 10.5. The van der Waals surface area contributed by atoms with Gasteiger partial charge in [-0.3, -0.25) is 4.79 Å². The summed E-state index contributed by atoms with van der Waals surface area (Å²) >= 11 is 0. The van der Waals surface area contributed by atoms with Crippen molar-refractivity contribution in [2.24, 2.45) is 0 Å². The summed E-state index contributed by atoms with van der Waals surface area (Å²) in [6.45, 7) is 0.0241. The van der Waals surface area contributed by atoms with Gasteiger partial charge in [0.25, 0.3) is 5.91 Å². The fourth-order valence-corrected chi connectivity index (χ4v) is 1.92. The third kappa shape index (κ3) is 2.22. The highest BCUT2D eigenvalue weighted by atomic mass is 16.5. The van der Waals surface area contributed by atoms with E-state index in [4.69, 9.17) is 9.47 Å². The Morgan fingerprint density at radius 3 is 3.05 bits per heavy atom. The molecule has 1 aliphatic heterocycles. The number of fused-ring (bicyclic) bond motifs is 1. The van der Waals surface area contributed by atoms with Crippen LogP contribution in [0.25, 0.3) is 11.1 Å². The Kier molecular flexibility index (Phi) is 2.79. The molecule has 1 aromatic carbocycles. The van der Waals surface area contributed by atoms with E-state index >= 15 is 0 Å². The highest BCUT2D eigenvalue weighted by Crippen LogP contribution is 2.31. The lowest BCUT2D eigenvalue weighted by Crippen LogP contribution is -2.26. The molecular weight excluding hydrogens is 244 g/mol. The quantitative estimate of drug-likeness (QED) is 0.893. The first kappa shape index (κ1) is 11.5. The van der Waals surface area contributed by atoms with Crippen molar-refractivity contribution in [2.75, 3.05) is 19.0 Å². The van der Waals surface area contributed by atoms with Crippen LogP contribution in [0, 0.1) is 0 Å². The fourth-order valence-electron chi connectivity index (χ4n) is 1.92. The van der Waals surface area contributed by atoms with Crippen molar-refractivity contribution < 1.29 is 14.3 Å². The minimum Gasteiger partial charge on any atom is -0.497 e. The van der Waals surface area contributed by atoms with Gasteiger partial charge in [-0.05, 0) is 23.8 Å². The summed E-state index contributed by atoms with van der Waals surface area (Å²) in [4.78, 5) is 15.4. The van der Waals surface area contributed by atoms with Gasteiger partial charge < -0.3 is 14.8 Å². The van der Waals surface area contributed by atoms with Crippen LogP contribution in [-0.4, -0.2) is 24.6 Å². The van der Waals surface area contributed by atoms with E-state index in [2.05, 4.69) is 10.3 Å². The number of ether oxygens (including phenoxy) is 2. The van der Waals surface area contributed by atoms with Gasteiger partial charge in [-0.15, -0.1) is 0 Å². The van der Waals surface area contributed by atoms with Crippen LogP contribution in [0.4, 0.5) is 5.82 Å². The maximum Gasteiger partial charge on any atom is 0.263 e. The van der Waals surface area contributed by atoms with E-state index in [9.17, 15) is 4.79 Å². The van der Waals surface area contributed by atoms with Crippen LogP contribution in [0.3, 0.4) is 0 Å². The van der Waals surface area contributed by atoms with Crippen molar-refractivity contribution in [1.82, 2.24) is 4.98 Å². The van der Waals surface area contributed by atoms with E-state index < -0.39 is 0 Å². The van der Waals surface area contributed by atoms with Gasteiger partial charge in [0.15, 0.2) is 18.2 Å². The first-order valence-corrected chi connectivity index (χ1v) is 5.83. The minimum absolute atomic E-state index is 0.0241. The van der Waals surface area contributed by atoms with Gasteiger partial charge in [0, 0.05) is 11.8 Å². The number of nitrogens with zero attached hydrogens (tertiary/aromatic N) is 1. The summed E-state index contributed by atoms with van der Waals surface area (Å²) in [5.41, 5.74) is 1.89. The van der Waals surface area contributed by atoms with Crippen molar-refractivity contribution in [3.05, 3.63) is 36.5 Å². The van der Waals surface area contributed by atoms with E-state index in [1.165, 1.54) is 0 Å². The summed E-state index contributed by atoms with van der Waals surface area (Å²) in [7, 11) is 1.63. The number of pyridine rings is 1. The normalized spacial score (nSPS) is 13.2. The van der Waals surface area contributed by atoms with Crippen molar-refractivity contribution in [3.8, 4) is 22.6 Å². The average molecular weight is 256 g/mol. The molecule has 5 nitrogen and oxygen atoms in total. The van der Waals surface area contributed by atoms with Gasteiger partial charge >= 0.3 is 0 Å². The molecule has 0 radical (unpaired) electrons. The first-order valence-electron chi connectivity index (χ1n) is 5.83. The van der Waals surface area contributed by atoms with Crippen molar-refractivity contribution in [2.45, 2.75) is 0 Å². The third-order valence-electron chi connectivity index (χ3n) is 2.87. The Hall–Kier alpha value is -2.56. The number of hydrogen-bond donors (Lipinski definition) is 1. The first-order chi connectivity index (χ1) is 9.26. The van der Waals surface area contributed by atoms with Crippen LogP contribution in [0.1, 0.15) is 0 Å². The molecule has 3 rings (SSSR count). The van der Waals surface area contributed by atoms with Crippen molar-refractivity contribution >= 4 is 11.7 Å². The topological polar surface area (TPSA) is 60.5 Å². The van der Waals surface area contributed by atoms with Gasteiger partial charge in [0.2, 0.25) is 0 Å². The lowest BCUT2D eigenvalue weighted by atomic mass is 10.1. The monoisotopic (exact) mass is 256 g/mol. The van der Waals surface area contributed by atoms with Crippen molar-refractivity contribution in [3.63, 3.8) is 0 Å². The van der Waals surface area contributed by atoms with Crippen LogP contribution >= 0.6 is 0 Å². The molecule has 1 N–H and O–H groups in total. The number of methoxy groups -OCH3 is 1. The Balaban J connectivity index is 1.99. The maximum absolute atomic E-state index is 11.2. The molecule has 1 aliphatic rings. The third-order valence-corrected chi connectivity index (χ3v) is 2.87. The average Bonchev–Trinajstić information content (AvgIpc) is 2.46. The Morgan fingerprint density at radius 1 is 1.32 bits per heavy atom. The van der Waals surface area contributed by atoms with E-state index in [0.29, 0.717) is 11.6 Å². The molecule has 0 bridgehead atoms. The van der Waals surface area contributed by atoms with Gasteiger partial charge in [0.05, 0.1) is 7.11 Å². The Morgan fingerprint density at radius 2 is 2.21 bits per heavy atom. The van der Waals surface area contributed by atoms with Crippen LogP contribution in [0.2, 0.25) is 0 Å². The van der Waals surface area contributed by atoms with Crippen LogP contribution in [-0.2, 0) is 4.79 Å². The summed E-state index contributed by atoms with van der Waals surface area (Å²) in [6.07, 6.45) is 1.70.